The second kappa shape index (κ2) is 5.78. The third-order valence-electron chi connectivity index (χ3n) is 5.21. The van der Waals surface area contributed by atoms with Crippen LogP contribution >= 0.6 is 0 Å². The fourth-order valence-corrected chi connectivity index (χ4v) is 4.25. The number of fused-ring (bicyclic) bond motifs is 3. The molecule has 3 rings (SSSR count). The van der Waals surface area contributed by atoms with Gasteiger partial charge in [0.2, 0.25) is 0 Å². The Balaban J connectivity index is 1.99. The Morgan fingerprint density at radius 3 is 2.48 bits per heavy atom. The van der Waals surface area contributed by atoms with Gasteiger partial charge in [-0.2, -0.15) is 0 Å². The van der Waals surface area contributed by atoms with Crippen LogP contribution in [-0.2, 0) is 0 Å². The van der Waals surface area contributed by atoms with Crippen LogP contribution in [-0.4, -0.2) is 0 Å². The van der Waals surface area contributed by atoms with E-state index in [-0.39, 0.29) is 5.92 Å². The average Bonchev–Trinajstić information content (AvgIpc) is 2.82. The summed E-state index contributed by atoms with van der Waals surface area (Å²) >= 11 is 0. The highest BCUT2D eigenvalue weighted by Crippen LogP contribution is 2.54. The summed E-state index contributed by atoms with van der Waals surface area (Å²) in [6.45, 7) is 10.1. The SMILES string of the molecule is C=CC#CC(C=C)C1=CC=CC2C(C)C3C=CC=CC3C12. The zero-order chi connectivity index (χ0) is 14.8. The molecule has 3 aliphatic carbocycles. The maximum atomic E-state index is 3.99. The topological polar surface area (TPSA) is 0 Å². The van der Waals surface area contributed by atoms with E-state index in [1.807, 2.05) is 6.08 Å². The predicted molar refractivity (Wildman–Crippen MR) is 90.3 cm³/mol. The first-order valence-electron chi connectivity index (χ1n) is 7.75. The summed E-state index contributed by atoms with van der Waals surface area (Å²) in [6, 6.07) is 0. The molecular weight excluding hydrogens is 252 g/mol. The summed E-state index contributed by atoms with van der Waals surface area (Å²) in [5.74, 6) is 9.51. The molecule has 21 heavy (non-hydrogen) atoms. The van der Waals surface area contributed by atoms with Crippen molar-refractivity contribution >= 4 is 0 Å². The monoisotopic (exact) mass is 274 g/mol. The third kappa shape index (κ3) is 2.28. The van der Waals surface area contributed by atoms with Gasteiger partial charge >= 0.3 is 0 Å². The molecule has 0 bridgehead atoms. The van der Waals surface area contributed by atoms with Gasteiger partial charge in [-0.1, -0.05) is 74.0 Å². The number of hydrogen-bond acceptors (Lipinski definition) is 0. The molecule has 0 saturated heterocycles. The minimum Gasteiger partial charge on any atom is -0.102 e. The van der Waals surface area contributed by atoms with Crippen molar-refractivity contribution in [2.24, 2.45) is 35.5 Å². The van der Waals surface area contributed by atoms with Crippen LogP contribution in [0.3, 0.4) is 0 Å². The van der Waals surface area contributed by atoms with E-state index in [1.165, 1.54) is 5.57 Å². The zero-order valence-electron chi connectivity index (χ0n) is 12.6. The Hall–Kier alpha value is -2.00. The van der Waals surface area contributed by atoms with E-state index >= 15 is 0 Å². The molecule has 0 spiro atoms. The van der Waals surface area contributed by atoms with Crippen molar-refractivity contribution in [2.75, 3.05) is 0 Å². The van der Waals surface area contributed by atoms with Crippen LogP contribution in [0.4, 0.5) is 0 Å². The molecule has 1 saturated carbocycles. The first-order valence-corrected chi connectivity index (χ1v) is 7.75. The Morgan fingerprint density at radius 2 is 1.76 bits per heavy atom. The van der Waals surface area contributed by atoms with E-state index in [0.717, 1.165) is 0 Å². The van der Waals surface area contributed by atoms with Crippen LogP contribution in [0.5, 0.6) is 0 Å². The van der Waals surface area contributed by atoms with Crippen molar-refractivity contribution in [1.29, 1.82) is 0 Å². The van der Waals surface area contributed by atoms with Crippen LogP contribution in [0, 0.1) is 47.3 Å². The molecule has 0 N–H and O–H groups in total. The van der Waals surface area contributed by atoms with Gasteiger partial charge in [0.25, 0.3) is 0 Å². The fourth-order valence-electron chi connectivity index (χ4n) is 4.25. The second-order valence-electron chi connectivity index (χ2n) is 6.14. The molecule has 0 aliphatic heterocycles. The van der Waals surface area contributed by atoms with Gasteiger partial charge in [-0.3, -0.25) is 0 Å². The van der Waals surface area contributed by atoms with Crippen molar-refractivity contribution in [3.63, 3.8) is 0 Å². The molecule has 0 heteroatoms. The molecule has 6 unspecified atom stereocenters. The van der Waals surface area contributed by atoms with Gasteiger partial charge in [0.15, 0.2) is 0 Å². The largest absolute Gasteiger partial charge is 0.102 e. The van der Waals surface area contributed by atoms with Gasteiger partial charge in [0, 0.05) is 0 Å². The van der Waals surface area contributed by atoms with E-state index in [0.29, 0.717) is 29.6 Å². The first kappa shape index (κ1) is 14.0. The molecule has 106 valence electrons. The van der Waals surface area contributed by atoms with Crippen LogP contribution < -0.4 is 0 Å². The summed E-state index contributed by atoms with van der Waals surface area (Å²) < 4.78 is 0. The molecule has 0 aromatic carbocycles. The Kier molecular flexibility index (Phi) is 3.84. The van der Waals surface area contributed by atoms with Crippen molar-refractivity contribution < 1.29 is 0 Å². The Bertz CT molecular complexity index is 614. The summed E-state index contributed by atoms with van der Waals surface area (Å²) in [4.78, 5) is 0. The molecule has 6 atom stereocenters. The van der Waals surface area contributed by atoms with Gasteiger partial charge in [-0.25, -0.2) is 0 Å². The minimum absolute atomic E-state index is 0.130. The summed E-state index contributed by atoms with van der Waals surface area (Å²) in [5.41, 5.74) is 1.42. The van der Waals surface area contributed by atoms with E-state index in [4.69, 9.17) is 0 Å². The molecule has 3 aliphatic rings. The molecule has 0 aromatic rings. The van der Waals surface area contributed by atoms with Crippen LogP contribution in [0.15, 0.2) is 73.4 Å². The normalized spacial score (nSPS) is 36.8. The fraction of sp³-hybridized carbons (Fsp3) is 0.333. The highest BCUT2D eigenvalue weighted by Gasteiger charge is 2.48. The lowest BCUT2D eigenvalue weighted by Gasteiger charge is -2.30. The van der Waals surface area contributed by atoms with E-state index < -0.39 is 0 Å². The summed E-state index contributed by atoms with van der Waals surface area (Å²) in [7, 11) is 0. The van der Waals surface area contributed by atoms with Crippen molar-refractivity contribution in [2.45, 2.75) is 6.92 Å². The van der Waals surface area contributed by atoms with Crippen LogP contribution in [0.1, 0.15) is 6.92 Å². The number of rotatable bonds is 2. The van der Waals surface area contributed by atoms with Gasteiger partial charge in [0.05, 0.1) is 5.92 Å². The van der Waals surface area contributed by atoms with Crippen LogP contribution in [0.25, 0.3) is 0 Å². The lowest BCUT2D eigenvalue weighted by Crippen LogP contribution is -2.23. The standard InChI is InChI=1S/C21H22/c1-4-6-10-16(5-2)19-14-9-13-18-15(3)17-11-7-8-12-20(17)21(18)19/h4-5,7-9,11-18,20-21H,1-2H2,3H3. The van der Waals surface area contributed by atoms with Crippen molar-refractivity contribution in [3.05, 3.63) is 73.4 Å². The van der Waals surface area contributed by atoms with Gasteiger partial charge < -0.3 is 0 Å². The van der Waals surface area contributed by atoms with Gasteiger partial charge in [-0.05, 0) is 41.2 Å². The van der Waals surface area contributed by atoms with E-state index in [1.54, 1.807) is 6.08 Å². The average molecular weight is 274 g/mol. The smallest absolute Gasteiger partial charge is 0.0599 e. The molecule has 1 fully saturated rings. The molecular formula is C21H22. The Morgan fingerprint density at radius 1 is 1.05 bits per heavy atom. The molecule has 0 radical (unpaired) electrons. The number of allylic oxidation sites excluding steroid dienone is 10. The lowest BCUT2D eigenvalue weighted by molar-refractivity contribution is 0.404. The minimum atomic E-state index is 0.130. The van der Waals surface area contributed by atoms with E-state index in [9.17, 15) is 0 Å². The van der Waals surface area contributed by atoms with Crippen molar-refractivity contribution in [1.82, 2.24) is 0 Å². The van der Waals surface area contributed by atoms with Crippen LogP contribution in [0.2, 0.25) is 0 Å². The molecule has 0 aromatic heterocycles. The van der Waals surface area contributed by atoms with Gasteiger partial charge in [0.1, 0.15) is 0 Å². The van der Waals surface area contributed by atoms with E-state index in [2.05, 4.69) is 74.5 Å². The third-order valence-corrected chi connectivity index (χ3v) is 5.21. The highest BCUT2D eigenvalue weighted by molar-refractivity contribution is 5.39. The maximum absolute atomic E-state index is 3.99. The Labute approximate surface area is 128 Å². The maximum Gasteiger partial charge on any atom is 0.0599 e. The summed E-state index contributed by atoms with van der Waals surface area (Å²) in [6.07, 6.45) is 19.7. The predicted octanol–water partition coefficient (Wildman–Crippen LogP) is 4.71. The second-order valence-corrected chi connectivity index (χ2v) is 6.14. The molecule has 0 heterocycles. The first-order chi connectivity index (χ1) is 10.3. The lowest BCUT2D eigenvalue weighted by atomic mass is 9.73. The summed E-state index contributed by atoms with van der Waals surface area (Å²) in [5, 5.41) is 0. The highest BCUT2D eigenvalue weighted by atomic mass is 14.5. The zero-order valence-corrected chi connectivity index (χ0v) is 12.6. The quantitative estimate of drug-likeness (QED) is 0.505. The molecule has 0 amide bonds. The van der Waals surface area contributed by atoms with Gasteiger partial charge in [-0.15, -0.1) is 6.58 Å². The van der Waals surface area contributed by atoms with Crippen molar-refractivity contribution in [3.8, 4) is 11.8 Å². The number of hydrogen-bond donors (Lipinski definition) is 0. The molecule has 0 nitrogen and oxygen atoms in total.